The number of ether oxygens (including phenoxy) is 3. The van der Waals surface area contributed by atoms with E-state index in [4.69, 9.17) is 18.7 Å². The van der Waals surface area contributed by atoms with Crippen molar-refractivity contribution in [2.24, 2.45) is 0 Å². The molecule has 1 fully saturated rings. The highest BCUT2D eigenvalue weighted by Gasteiger charge is 2.39. The molecule has 7 nitrogen and oxygen atoms in total. The lowest BCUT2D eigenvalue weighted by Crippen LogP contribution is -2.61. The van der Waals surface area contributed by atoms with Gasteiger partial charge >= 0.3 is 0 Å². The van der Waals surface area contributed by atoms with Gasteiger partial charge in [0, 0.05) is 30.8 Å². The van der Waals surface area contributed by atoms with Crippen molar-refractivity contribution in [3.63, 3.8) is 0 Å². The third-order valence-electron chi connectivity index (χ3n) is 4.88. The van der Waals surface area contributed by atoms with Crippen LogP contribution >= 0.6 is 0 Å². The van der Waals surface area contributed by atoms with Gasteiger partial charge in [-0.15, -0.1) is 0 Å². The van der Waals surface area contributed by atoms with Crippen LogP contribution in [-0.4, -0.2) is 35.7 Å². The van der Waals surface area contributed by atoms with Gasteiger partial charge in [-0.3, -0.25) is 4.98 Å². The van der Waals surface area contributed by atoms with Crippen LogP contribution < -0.4 is 14.8 Å². The Kier molecular flexibility index (Phi) is 4.03. The van der Waals surface area contributed by atoms with E-state index in [1.165, 1.54) is 0 Å². The van der Waals surface area contributed by atoms with E-state index < -0.39 is 0 Å². The first kappa shape index (κ1) is 16.3. The van der Waals surface area contributed by atoms with E-state index in [9.17, 15) is 0 Å². The SMILES string of the molecule is c1ccc(-c2cc(CC3(NCc4cccc5c4OCO5)COC3)no2)nc1. The second kappa shape index (κ2) is 6.68. The summed E-state index contributed by atoms with van der Waals surface area (Å²) >= 11 is 0. The standard InChI is InChI=1S/C20H19N3O4/c1-2-7-21-16(5-1)18-8-15(23-27-18)9-20(11-24-12-20)22-10-14-4-3-6-17-19(14)26-13-25-17/h1-8,22H,9-13H2. The molecule has 0 amide bonds. The van der Waals surface area contributed by atoms with Gasteiger partial charge in [0.15, 0.2) is 17.3 Å². The third-order valence-corrected chi connectivity index (χ3v) is 4.88. The maximum Gasteiger partial charge on any atom is 0.231 e. The molecule has 138 valence electrons. The van der Waals surface area contributed by atoms with Crippen molar-refractivity contribution in [3.05, 3.63) is 59.9 Å². The van der Waals surface area contributed by atoms with Crippen molar-refractivity contribution in [1.29, 1.82) is 0 Å². The average molecular weight is 365 g/mol. The monoisotopic (exact) mass is 365 g/mol. The summed E-state index contributed by atoms with van der Waals surface area (Å²) in [5.74, 6) is 2.29. The van der Waals surface area contributed by atoms with Gasteiger partial charge in [-0.05, 0) is 18.2 Å². The molecule has 0 aliphatic carbocycles. The van der Waals surface area contributed by atoms with Gasteiger partial charge in [0.1, 0.15) is 5.69 Å². The van der Waals surface area contributed by atoms with E-state index in [2.05, 4.69) is 15.5 Å². The summed E-state index contributed by atoms with van der Waals surface area (Å²) in [5.41, 5.74) is 2.57. The number of hydrogen-bond donors (Lipinski definition) is 1. The minimum absolute atomic E-state index is 0.166. The molecule has 1 saturated heterocycles. The topological polar surface area (TPSA) is 78.6 Å². The largest absolute Gasteiger partial charge is 0.454 e. The fourth-order valence-corrected chi connectivity index (χ4v) is 3.40. The van der Waals surface area contributed by atoms with Gasteiger partial charge in [-0.25, -0.2) is 0 Å². The zero-order valence-electron chi connectivity index (χ0n) is 14.7. The summed E-state index contributed by atoms with van der Waals surface area (Å²) in [4.78, 5) is 4.30. The summed E-state index contributed by atoms with van der Waals surface area (Å²) in [6.07, 6.45) is 2.46. The molecule has 2 aliphatic rings. The summed E-state index contributed by atoms with van der Waals surface area (Å²) in [6.45, 7) is 2.20. The summed E-state index contributed by atoms with van der Waals surface area (Å²) in [6, 6.07) is 13.6. The quantitative estimate of drug-likeness (QED) is 0.719. The van der Waals surface area contributed by atoms with Crippen molar-refractivity contribution in [2.45, 2.75) is 18.5 Å². The smallest absolute Gasteiger partial charge is 0.231 e. The fraction of sp³-hybridized carbons (Fsp3) is 0.300. The molecule has 27 heavy (non-hydrogen) atoms. The number of aromatic nitrogens is 2. The van der Waals surface area contributed by atoms with Crippen LogP contribution in [0.15, 0.2) is 53.2 Å². The van der Waals surface area contributed by atoms with Gasteiger partial charge in [-0.1, -0.05) is 23.4 Å². The van der Waals surface area contributed by atoms with Crippen molar-refractivity contribution in [2.75, 3.05) is 20.0 Å². The zero-order valence-corrected chi connectivity index (χ0v) is 14.7. The normalized spacial score (nSPS) is 16.9. The molecular weight excluding hydrogens is 346 g/mol. The molecule has 0 radical (unpaired) electrons. The van der Waals surface area contributed by atoms with E-state index in [0.29, 0.717) is 25.5 Å². The Morgan fingerprint density at radius 3 is 2.85 bits per heavy atom. The van der Waals surface area contributed by atoms with Crippen molar-refractivity contribution < 1.29 is 18.7 Å². The molecule has 0 unspecified atom stereocenters. The van der Waals surface area contributed by atoms with Crippen LogP contribution in [0.1, 0.15) is 11.3 Å². The second-order valence-electron chi connectivity index (χ2n) is 6.85. The number of fused-ring (bicyclic) bond motifs is 1. The Morgan fingerprint density at radius 1 is 1.07 bits per heavy atom. The van der Waals surface area contributed by atoms with Crippen molar-refractivity contribution in [3.8, 4) is 23.0 Å². The first-order chi connectivity index (χ1) is 13.3. The van der Waals surface area contributed by atoms with Gasteiger partial charge < -0.3 is 24.1 Å². The Morgan fingerprint density at radius 2 is 2.04 bits per heavy atom. The number of para-hydroxylation sites is 1. The minimum atomic E-state index is -0.166. The lowest BCUT2D eigenvalue weighted by atomic mass is 9.90. The second-order valence-corrected chi connectivity index (χ2v) is 6.85. The van der Waals surface area contributed by atoms with E-state index in [-0.39, 0.29) is 12.3 Å². The molecule has 7 heteroatoms. The maximum absolute atomic E-state index is 5.59. The number of pyridine rings is 1. The highest BCUT2D eigenvalue weighted by Crippen LogP contribution is 2.36. The van der Waals surface area contributed by atoms with Crippen LogP contribution in [0.5, 0.6) is 11.5 Å². The number of nitrogens with one attached hydrogen (secondary N) is 1. The highest BCUT2D eigenvalue weighted by atomic mass is 16.7. The molecular formula is C20H19N3O4. The van der Waals surface area contributed by atoms with Crippen LogP contribution in [0.4, 0.5) is 0 Å². The van der Waals surface area contributed by atoms with Gasteiger partial charge in [0.25, 0.3) is 0 Å². The van der Waals surface area contributed by atoms with Gasteiger partial charge in [0.05, 0.1) is 24.4 Å². The third kappa shape index (κ3) is 3.15. The molecule has 2 aromatic heterocycles. The van der Waals surface area contributed by atoms with Gasteiger partial charge in [0.2, 0.25) is 6.79 Å². The zero-order chi connectivity index (χ0) is 18.1. The molecule has 3 aromatic rings. The highest BCUT2D eigenvalue weighted by molar-refractivity contribution is 5.51. The van der Waals surface area contributed by atoms with E-state index in [0.717, 1.165) is 34.9 Å². The summed E-state index contributed by atoms with van der Waals surface area (Å²) in [7, 11) is 0. The minimum Gasteiger partial charge on any atom is -0.454 e. The Balaban J connectivity index is 1.29. The number of hydrogen-bond acceptors (Lipinski definition) is 7. The van der Waals surface area contributed by atoms with Crippen molar-refractivity contribution in [1.82, 2.24) is 15.5 Å². The number of rotatable bonds is 6. The number of nitrogens with zero attached hydrogens (tertiary/aromatic N) is 2. The van der Waals surface area contributed by atoms with E-state index in [1.54, 1.807) is 6.20 Å². The van der Waals surface area contributed by atoms with Crippen LogP contribution in [0.2, 0.25) is 0 Å². The molecule has 1 N–H and O–H groups in total. The van der Waals surface area contributed by atoms with Crippen molar-refractivity contribution >= 4 is 0 Å². The first-order valence-corrected chi connectivity index (χ1v) is 8.89. The Hall–Kier alpha value is -2.90. The molecule has 0 atom stereocenters. The van der Waals surface area contributed by atoms with Crippen LogP contribution in [0.3, 0.4) is 0 Å². The Bertz CT molecular complexity index is 937. The first-order valence-electron chi connectivity index (χ1n) is 8.89. The van der Waals surface area contributed by atoms with Crippen LogP contribution in [0.25, 0.3) is 11.5 Å². The lowest BCUT2D eigenvalue weighted by Gasteiger charge is -2.42. The molecule has 5 rings (SSSR count). The lowest BCUT2D eigenvalue weighted by molar-refractivity contribution is -0.0756. The van der Waals surface area contributed by atoms with Crippen LogP contribution in [0, 0.1) is 0 Å². The maximum atomic E-state index is 5.59. The summed E-state index contributed by atoms with van der Waals surface area (Å²) in [5, 5.41) is 7.84. The number of benzene rings is 1. The molecule has 2 aliphatic heterocycles. The molecule has 4 heterocycles. The fourth-order valence-electron chi connectivity index (χ4n) is 3.40. The van der Waals surface area contributed by atoms with Gasteiger partial charge in [-0.2, -0.15) is 0 Å². The average Bonchev–Trinajstić information content (AvgIpc) is 3.34. The van der Waals surface area contributed by atoms with Crippen LogP contribution in [-0.2, 0) is 17.7 Å². The predicted molar refractivity (Wildman–Crippen MR) is 96.4 cm³/mol. The molecule has 0 saturated carbocycles. The molecule has 0 bridgehead atoms. The summed E-state index contributed by atoms with van der Waals surface area (Å²) < 4.78 is 22.0. The molecule has 0 spiro atoms. The predicted octanol–water partition coefficient (Wildman–Crippen LogP) is 2.57. The van der Waals surface area contributed by atoms with E-state index >= 15 is 0 Å². The Labute approximate surface area is 156 Å². The van der Waals surface area contributed by atoms with E-state index in [1.807, 2.05) is 42.5 Å². The molecule has 1 aromatic carbocycles.